The van der Waals surface area contributed by atoms with E-state index in [0.717, 1.165) is 5.57 Å². The molecule has 12 nitrogen and oxygen atoms in total. The van der Waals surface area contributed by atoms with E-state index >= 15 is 0 Å². The SMILES string of the molecule is CC(=O)OC(CC1=C(O)C(=O)OC1)[C@]1(C)[C@H]2CCC=C(C)[C@]2(C)[C@@H](OC(=O)c2cccnc2)[C@H](OC(=O)c2cccnc2)[C@]1(C)O. The summed E-state index contributed by atoms with van der Waals surface area (Å²) in [4.78, 5) is 60.0. The van der Waals surface area contributed by atoms with Crippen LogP contribution in [0.2, 0.25) is 0 Å². The quantitative estimate of drug-likeness (QED) is 0.243. The predicted octanol–water partition coefficient (Wildman–Crippen LogP) is 4.05. The molecular formula is C34H38N2O10. The van der Waals surface area contributed by atoms with Crippen LogP contribution in [0.15, 0.2) is 72.0 Å². The van der Waals surface area contributed by atoms with E-state index in [2.05, 4.69) is 9.97 Å². The number of fused-ring (bicyclic) bond motifs is 1. The first-order valence-corrected chi connectivity index (χ1v) is 15.1. The Balaban J connectivity index is 1.70. The van der Waals surface area contributed by atoms with E-state index < -0.39 is 70.3 Å². The Hall–Kier alpha value is -4.58. The standard InChI is InChI=1S/C34H38N2O10/c1-19-9-6-12-24-32(19,3)27(45-29(39)21-10-7-13-35-16-21)28(46-30(40)22-11-8-14-36-17-22)34(5,42)33(24,4)25(44-20(2)37)15-23-18-43-31(41)26(23)38/h7-11,13-14,16-17,24-25,27-28,38,42H,6,12,15,18H2,1-5H3/t24-,25?,27-,28-,32-,33-,34-/m0/s1. The third-order valence-corrected chi connectivity index (χ3v) is 10.3. The lowest BCUT2D eigenvalue weighted by atomic mass is 9.42. The molecule has 12 heteroatoms. The molecule has 0 radical (unpaired) electrons. The number of nitrogens with zero attached hydrogens (tertiary/aromatic N) is 2. The van der Waals surface area contributed by atoms with Crippen molar-refractivity contribution in [3.05, 3.63) is 83.2 Å². The summed E-state index contributed by atoms with van der Waals surface area (Å²) in [6.07, 6.45) is 4.77. The maximum atomic E-state index is 13.6. The number of aliphatic hydroxyl groups is 2. The van der Waals surface area contributed by atoms with E-state index in [1.54, 1.807) is 25.1 Å². The fraction of sp³-hybridized carbons (Fsp3) is 0.471. The molecule has 1 saturated carbocycles. The number of cyclic esters (lactones) is 1. The molecule has 2 aromatic rings. The lowest BCUT2D eigenvalue weighted by Crippen LogP contribution is -2.75. The number of carbonyl (C=O) groups excluding carboxylic acids is 4. The highest BCUT2D eigenvalue weighted by Crippen LogP contribution is 2.65. The lowest BCUT2D eigenvalue weighted by molar-refractivity contribution is -0.290. The van der Waals surface area contributed by atoms with Gasteiger partial charge in [0.1, 0.15) is 18.3 Å². The van der Waals surface area contributed by atoms with Crippen molar-refractivity contribution in [2.75, 3.05) is 6.61 Å². The minimum absolute atomic E-state index is 0.105. The molecule has 0 spiro atoms. The molecule has 5 rings (SSSR count). The zero-order chi connectivity index (χ0) is 33.4. The molecule has 3 aliphatic rings. The third-order valence-electron chi connectivity index (χ3n) is 10.3. The van der Waals surface area contributed by atoms with Crippen LogP contribution >= 0.6 is 0 Å². The van der Waals surface area contributed by atoms with Crippen molar-refractivity contribution in [2.24, 2.45) is 16.7 Å². The van der Waals surface area contributed by atoms with Gasteiger partial charge in [-0.15, -0.1) is 0 Å². The van der Waals surface area contributed by atoms with Crippen LogP contribution in [0.5, 0.6) is 0 Å². The number of ether oxygens (including phenoxy) is 4. The van der Waals surface area contributed by atoms with Crippen LogP contribution in [-0.4, -0.2) is 74.6 Å². The van der Waals surface area contributed by atoms with Crippen molar-refractivity contribution in [2.45, 2.75) is 77.8 Å². The molecule has 0 amide bonds. The number of rotatable bonds is 8. The number of aromatic nitrogens is 2. The minimum Gasteiger partial charge on any atom is -0.502 e. The van der Waals surface area contributed by atoms with E-state index in [9.17, 15) is 29.4 Å². The normalized spacial score (nSPS) is 31.2. The van der Waals surface area contributed by atoms with E-state index in [1.165, 1.54) is 44.7 Å². The van der Waals surface area contributed by atoms with Gasteiger partial charge in [0.2, 0.25) is 5.76 Å². The number of esters is 4. The van der Waals surface area contributed by atoms with Crippen molar-refractivity contribution in [1.29, 1.82) is 0 Å². The molecule has 3 heterocycles. The van der Waals surface area contributed by atoms with Crippen molar-refractivity contribution < 1.29 is 48.3 Å². The summed E-state index contributed by atoms with van der Waals surface area (Å²) in [6, 6.07) is 6.20. The van der Waals surface area contributed by atoms with Gasteiger partial charge in [0.05, 0.1) is 11.1 Å². The van der Waals surface area contributed by atoms with Crippen LogP contribution in [0, 0.1) is 16.7 Å². The fourth-order valence-electron chi connectivity index (χ4n) is 7.51. The zero-order valence-corrected chi connectivity index (χ0v) is 26.4. The second-order valence-corrected chi connectivity index (χ2v) is 12.7. The number of carbonyl (C=O) groups is 4. The van der Waals surface area contributed by atoms with E-state index in [1.807, 2.05) is 19.9 Å². The maximum Gasteiger partial charge on any atom is 0.373 e. The molecule has 1 fully saturated rings. The van der Waals surface area contributed by atoms with E-state index in [-0.39, 0.29) is 29.7 Å². The van der Waals surface area contributed by atoms with Crippen molar-refractivity contribution in [1.82, 2.24) is 9.97 Å². The summed E-state index contributed by atoms with van der Waals surface area (Å²) in [5, 5.41) is 23.3. The van der Waals surface area contributed by atoms with Crippen molar-refractivity contribution in [3.8, 4) is 0 Å². The van der Waals surface area contributed by atoms with Gasteiger partial charge in [-0.1, -0.05) is 25.5 Å². The summed E-state index contributed by atoms with van der Waals surface area (Å²) in [5.41, 5.74) is -3.23. The highest BCUT2D eigenvalue weighted by atomic mass is 16.6. The van der Waals surface area contributed by atoms with Crippen molar-refractivity contribution in [3.63, 3.8) is 0 Å². The monoisotopic (exact) mass is 634 g/mol. The van der Waals surface area contributed by atoms with Gasteiger partial charge in [0.15, 0.2) is 12.2 Å². The first kappa shape index (κ1) is 32.8. The Morgan fingerprint density at radius 1 is 1.02 bits per heavy atom. The highest BCUT2D eigenvalue weighted by Gasteiger charge is 2.73. The predicted molar refractivity (Wildman–Crippen MR) is 161 cm³/mol. The Kier molecular flexibility index (Phi) is 8.78. The van der Waals surface area contributed by atoms with Crippen molar-refractivity contribution >= 4 is 23.9 Å². The minimum atomic E-state index is -2.04. The molecule has 2 aromatic heterocycles. The van der Waals surface area contributed by atoms with Gasteiger partial charge in [-0.3, -0.25) is 14.8 Å². The second kappa shape index (κ2) is 12.3. The Bertz CT molecular complexity index is 1590. The molecule has 1 unspecified atom stereocenters. The Morgan fingerprint density at radius 2 is 1.61 bits per heavy atom. The summed E-state index contributed by atoms with van der Waals surface area (Å²) in [5.74, 6) is -4.23. The number of allylic oxidation sites excluding steroid dienone is 1. The Morgan fingerprint density at radius 3 is 2.11 bits per heavy atom. The number of aliphatic hydroxyl groups excluding tert-OH is 1. The topological polar surface area (TPSA) is 171 Å². The number of pyridine rings is 2. The van der Waals surface area contributed by atoms with Gasteiger partial charge in [0.25, 0.3) is 0 Å². The summed E-state index contributed by atoms with van der Waals surface area (Å²) in [7, 11) is 0. The van der Waals surface area contributed by atoms with Crippen LogP contribution in [0.3, 0.4) is 0 Å². The molecule has 2 N–H and O–H groups in total. The molecule has 0 bridgehead atoms. The van der Waals surface area contributed by atoms with Gasteiger partial charge >= 0.3 is 23.9 Å². The second-order valence-electron chi connectivity index (χ2n) is 12.7. The molecule has 2 aliphatic carbocycles. The van der Waals surface area contributed by atoms with Crippen LogP contribution < -0.4 is 0 Å². The molecule has 244 valence electrons. The molecule has 7 atom stereocenters. The Labute approximate surface area is 266 Å². The first-order valence-electron chi connectivity index (χ1n) is 15.1. The molecule has 1 aliphatic heterocycles. The van der Waals surface area contributed by atoms with Crippen LogP contribution in [0.1, 0.15) is 74.6 Å². The fourth-order valence-corrected chi connectivity index (χ4v) is 7.51. The van der Waals surface area contributed by atoms with Gasteiger partial charge in [0, 0.05) is 54.5 Å². The van der Waals surface area contributed by atoms with Gasteiger partial charge in [-0.2, -0.15) is 0 Å². The van der Waals surface area contributed by atoms with E-state index in [0.29, 0.717) is 12.8 Å². The molecular weight excluding hydrogens is 596 g/mol. The maximum absolute atomic E-state index is 13.6. The lowest BCUT2D eigenvalue weighted by Gasteiger charge is -2.66. The number of hydrogen-bond acceptors (Lipinski definition) is 12. The van der Waals surface area contributed by atoms with Gasteiger partial charge in [-0.25, -0.2) is 14.4 Å². The van der Waals surface area contributed by atoms with Crippen LogP contribution in [-0.2, 0) is 28.5 Å². The zero-order valence-electron chi connectivity index (χ0n) is 26.4. The largest absolute Gasteiger partial charge is 0.502 e. The average molecular weight is 635 g/mol. The first-order chi connectivity index (χ1) is 21.7. The third kappa shape index (κ3) is 5.44. The summed E-state index contributed by atoms with van der Waals surface area (Å²) in [6.45, 7) is 7.98. The molecule has 46 heavy (non-hydrogen) atoms. The van der Waals surface area contributed by atoms with Gasteiger partial charge in [-0.05, 0) is 56.9 Å². The average Bonchev–Trinajstić information content (AvgIpc) is 3.35. The molecule has 0 saturated heterocycles. The smallest absolute Gasteiger partial charge is 0.373 e. The summed E-state index contributed by atoms with van der Waals surface area (Å²) < 4.78 is 23.3. The summed E-state index contributed by atoms with van der Waals surface area (Å²) >= 11 is 0. The van der Waals surface area contributed by atoms with Gasteiger partial charge < -0.3 is 29.2 Å². The highest BCUT2D eigenvalue weighted by molar-refractivity contribution is 5.90. The molecule has 0 aromatic carbocycles. The van der Waals surface area contributed by atoms with Crippen LogP contribution in [0.4, 0.5) is 0 Å². The number of hydrogen-bond donors (Lipinski definition) is 2. The van der Waals surface area contributed by atoms with E-state index in [4.69, 9.17) is 18.9 Å². The van der Waals surface area contributed by atoms with Crippen LogP contribution in [0.25, 0.3) is 0 Å².